The van der Waals surface area contributed by atoms with Crippen LogP contribution in [-0.4, -0.2) is 28.8 Å². The number of carbonyl (C=O) groups is 1. The van der Waals surface area contributed by atoms with E-state index >= 15 is 0 Å². The number of amides is 1. The highest BCUT2D eigenvalue weighted by Crippen LogP contribution is 2.16. The summed E-state index contributed by atoms with van der Waals surface area (Å²) in [6, 6.07) is 9.33. The molecule has 0 radical (unpaired) electrons. The first-order valence-corrected chi connectivity index (χ1v) is 7.55. The van der Waals surface area contributed by atoms with Crippen LogP contribution >= 0.6 is 11.8 Å². The van der Waals surface area contributed by atoms with Crippen LogP contribution in [-0.2, 0) is 0 Å². The minimum absolute atomic E-state index is 0.0654. The number of halogens is 1. The molecule has 1 amide bonds. The number of aromatic nitrogens is 1. The van der Waals surface area contributed by atoms with Crippen LogP contribution < -0.4 is 5.32 Å². The van der Waals surface area contributed by atoms with Crippen LogP contribution in [0.3, 0.4) is 0 Å². The molecule has 2 N–H and O–H groups in total. The van der Waals surface area contributed by atoms with Crippen molar-refractivity contribution in [2.45, 2.75) is 11.1 Å². The van der Waals surface area contributed by atoms with Crippen molar-refractivity contribution in [2.24, 2.45) is 0 Å². The predicted octanol–water partition coefficient (Wildman–Crippen LogP) is 2.41. The monoisotopic (exact) mass is 306 g/mol. The minimum Gasteiger partial charge on any atom is -0.386 e. The molecule has 110 valence electrons. The van der Waals surface area contributed by atoms with Crippen molar-refractivity contribution < 1.29 is 14.3 Å². The zero-order valence-corrected chi connectivity index (χ0v) is 12.2. The molecule has 0 saturated carbocycles. The Hall–Kier alpha value is -1.92. The van der Waals surface area contributed by atoms with E-state index in [1.54, 1.807) is 24.3 Å². The standard InChI is InChI=1S/C15H15FN2O2S/c1-21-14-7-6-10(8-17-14)15(20)18-9-13(19)11-4-2-3-5-12(11)16/h2-8,13,19H,9H2,1H3,(H,18,20). The first-order chi connectivity index (χ1) is 10.1. The second kappa shape index (κ2) is 7.19. The predicted molar refractivity (Wildman–Crippen MR) is 79.7 cm³/mol. The van der Waals surface area contributed by atoms with E-state index in [0.29, 0.717) is 5.56 Å². The first kappa shape index (κ1) is 15.5. The summed E-state index contributed by atoms with van der Waals surface area (Å²) in [6.07, 6.45) is 2.28. The van der Waals surface area contributed by atoms with Gasteiger partial charge < -0.3 is 10.4 Å². The van der Waals surface area contributed by atoms with Gasteiger partial charge in [0.25, 0.3) is 5.91 Å². The zero-order valence-electron chi connectivity index (χ0n) is 11.4. The number of hydrogen-bond acceptors (Lipinski definition) is 4. The summed E-state index contributed by atoms with van der Waals surface area (Å²) >= 11 is 1.48. The molecule has 6 heteroatoms. The van der Waals surface area contributed by atoms with Gasteiger partial charge in [0.05, 0.1) is 16.7 Å². The van der Waals surface area contributed by atoms with Crippen molar-refractivity contribution in [3.8, 4) is 0 Å². The second-order valence-electron chi connectivity index (χ2n) is 4.34. The van der Waals surface area contributed by atoms with Crippen LogP contribution in [0.1, 0.15) is 22.0 Å². The Morgan fingerprint density at radius 2 is 2.14 bits per heavy atom. The second-order valence-corrected chi connectivity index (χ2v) is 5.16. The quantitative estimate of drug-likeness (QED) is 0.833. The molecule has 0 aliphatic rings. The van der Waals surface area contributed by atoms with E-state index in [0.717, 1.165) is 5.03 Å². The molecule has 0 spiro atoms. The Morgan fingerprint density at radius 1 is 1.38 bits per heavy atom. The number of pyridine rings is 1. The average molecular weight is 306 g/mol. The number of benzene rings is 1. The van der Waals surface area contributed by atoms with Crippen LogP contribution in [0.4, 0.5) is 4.39 Å². The van der Waals surface area contributed by atoms with Gasteiger partial charge in [-0.3, -0.25) is 4.79 Å². The highest BCUT2D eigenvalue weighted by molar-refractivity contribution is 7.98. The summed E-state index contributed by atoms with van der Waals surface area (Å²) in [5.74, 6) is -0.851. The van der Waals surface area contributed by atoms with Gasteiger partial charge in [0.1, 0.15) is 5.82 Å². The fourth-order valence-electron chi connectivity index (χ4n) is 1.78. The molecule has 2 aromatic rings. The fraction of sp³-hybridized carbons (Fsp3) is 0.200. The van der Waals surface area contributed by atoms with E-state index in [-0.39, 0.29) is 18.0 Å². The molecule has 0 aliphatic carbocycles. The molecule has 0 saturated heterocycles. The van der Waals surface area contributed by atoms with E-state index in [4.69, 9.17) is 0 Å². The van der Waals surface area contributed by atoms with Gasteiger partial charge in [0, 0.05) is 18.3 Å². The number of rotatable bonds is 5. The third-order valence-corrected chi connectivity index (χ3v) is 3.59. The Morgan fingerprint density at radius 3 is 2.76 bits per heavy atom. The number of nitrogens with one attached hydrogen (secondary N) is 1. The zero-order chi connectivity index (χ0) is 15.2. The lowest BCUT2D eigenvalue weighted by Crippen LogP contribution is -2.28. The van der Waals surface area contributed by atoms with Crippen LogP contribution in [0, 0.1) is 5.82 Å². The summed E-state index contributed by atoms with van der Waals surface area (Å²) in [4.78, 5) is 16.0. The lowest BCUT2D eigenvalue weighted by Gasteiger charge is -2.13. The molecule has 4 nitrogen and oxygen atoms in total. The van der Waals surface area contributed by atoms with Crippen LogP contribution in [0.5, 0.6) is 0 Å². The Labute approximate surface area is 126 Å². The van der Waals surface area contributed by atoms with Gasteiger partial charge in [-0.1, -0.05) is 18.2 Å². The molecule has 1 aromatic carbocycles. The van der Waals surface area contributed by atoms with Crippen LogP contribution in [0.2, 0.25) is 0 Å². The van der Waals surface area contributed by atoms with Crippen LogP contribution in [0.25, 0.3) is 0 Å². The van der Waals surface area contributed by atoms with Crippen LogP contribution in [0.15, 0.2) is 47.6 Å². The molecule has 2 rings (SSSR count). The third-order valence-electron chi connectivity index (χ3n) is 2.93. The topological polar surface area (TPSA) is 62.2 Å². The van der Waals surface area contributed by atoms with Gasteiger partial charge in [-0.25, -0.2) is 9.37 Å². The van der Waals surface area contributed by atoms with Gasteiger partial charge in [-0.2, -0.15) is 0 Å². The molecule has 0 aliphatic heterocycles. The van der Waals surface area contributed by atoms with Gasteiger partial charge >= 0.3 is 0 Å². The van der Waals surface area contributed by atoms with E-state index in [1.807, 2.05) is 6.26 Å². The maximum atomic E-state index is 13.5. The average Bonchev–Trinajstić information content (AvgIpc) is 2.52. The fourth-order valence-corrected chi connectivity index (χ4v) is 2.14. The molecular weight excluding hydrogens is 291 g/mol. The SMILES string of the molecule is CSc1ccc(C(=O)NCC(O)c2ccccc2F)cn1. The first-order valence-electron chi connectivity index (χ1n) is 6.32. The summed E-state index contributed by atoms with van der Waals surface area (Å²) in [7, 11) is 0. The van der Waals surface area contributed by atoms with Crippen molar-refractivity contribution in [1.29, 1.82) is 0 Å². The molecular formula is C15H15FN2O2S. The summed E-state index contributed by atoms with van der Waals surface area (Å²) in [5.41, 5.74) is 0.558. The number of aliphatic hydroxyl groups is 1. The number of carbonyl (C=O) groups excluding carboxylic acids is 1. The van der Waals surface area contributed by atoms with Gasteiger partial charge in [-0.15, -0.1) is 11.8 Å². The van der Waals surface area contributed by atoms with Crippen molar-refractivity contribution in [3.63, 3.8) is 0 Å². The minimum atomic E-state index is -1.09. The molecule has 21 heavy (non-hydrogen) atoms. The highest BCUT2D eigenvalue weighted by atomic mass is 32.2. The lowest BCUT2D eigenvalue weighted by atomic mass is 10.1. The van der Waals surface area contributed by atoms with E-state index in [1.165, 1.54) is 30.1 Å². The maximum Gasteiger partial charge on any atom is 0.252 e. The van der Waals surface area contributed by atoms with Gasteiger partial charge in [0.2, 0.25) is 0 Å². The van der Waals surface area contributed by atoms with Crippen molar-refractivity contribution in [2.75, 3.05) is 12.8 Å². The number of nitrogens with zero attached hydrogens (tertiary/aromatic N) is 1. The Bertz CT molecular complexity index is 619. The van der Waals surface area contributed by atoms with Gasteiger partial charge in [0.15, 0.2) is 0 Å². The molecule has 1 unspecified atom stereocenters. The lowest BCUT2D eigenvalue weighted by molar-refractivity contribution is 0.0913. The van der Waals surface area contributed by atoms with E-state index < -0.39 is 11.9 Å². The normalized spacial score (nSPS) is 12.0. The van der Waals surface area contributed by atoms with E-state index in [2.05, 4.69) is 10.3 Å². The smallest absolute Gasteiger partial charge is 0.252 e. The van der Waals surface area contributed by atoms with E-state index in [9.17, 15) is 14.3 Å². The molecule has 1 atom stereocenters. The third kappa shape index (κ3) is 4.03. The van der Waals surface area contributed by atoms with Crippen molar-refractivity contribution in [3.05, 3.63) is 59.5 Å². The van der Waals surface area contributed by atoms with Crippen molar-refractivity contribution >= 4 is 17.7 Å². The molecule has 0 bridgehead atoms. The molecule has 1 aromatic heterocycles. The maximum absolute atomic E-state index is 13.5. The number of aliphatic hydroxyl groups excluding tert-OH is 1. The number of thioether (sulfide) groups is 1. The largest absolute Gasteiger partial charge is 0.386 e. The Kier molecular flexibility index (Phi) is 5.30. The highest BCUT2D eigenvalue weighted by Gasteiger charge is 2.14. The molecule has 0 fully saturated rings. The molecule has 1 heterocycles. The summed E-state index contributed by atoms with van der Waals surface area (Å²) < 4.78 is 13.5. The number of hydrogen-bond donors (Lipinski definition) is 2. The summed E-state index contributed by atoms with van der Waals surface area (Å²) in [5, 5.41) is 13.3. The van der Waals surface area contributed by atoms with Crippen molar-refractivity contribution in [1.82, 2.24) is 10.3 Å². The van der Waals surface area contributed by atoms with Gasteiger partial charge in [-0.05, 0) is 24.5 Å². The summed E-state index contributed by atoms with van der Waals surface area (Å²) in [6.45, 7) is -0.0654. The Balaban J connectivity index is 1.95.